The number of amides is 1. The number of hydrogen-bond donors (Lipinski definition) is 0. The Bertz CT molecular complexity index is 941. The number of rotatable bonds is 4. The molecule has 0 spiro atoms. The van der Waals surface area contributed by atoms with Crippen LogP contribution < -0.4 is 4.74 Å². The van der Waals surface area contributed by atoms with E-state index in [0.29, 0.717) is 18.8 Å². The van der Waals surface area contributed by atoms with Crippen molar-refractivity contribution in [3.63, 3.8) is 0 Å². The van der Waals surface area contributed by atoms with E-state index in [-0.39, 0.29) is 24.4 Å². The number of pyridine rings is 1. The predicted octanol–water partition coefficient (Wildman–Crippen LogP) is 2.46. The lowest BCUT2D eigenvalue weighted by molar-refractivity contribution is 0.0638. The molecule has 0 aliphatic carbocycles. The van der Waals surface area contributed by atoms with Crippen LogP contribution in [0.2, 0.25) is 0 Å². The SMILES string of the molecule is Cc1nc(C(=O)N2Cc3cncn3[C@H](COc3ncccc3F)C2)cs1. The molecule has 0 saturated carbocycles. The van der Waals surface area contributed by atoms with E-state index in [9.17, 15) is 9.18 Å². The first-order valence-corrected chi connectivity index (χ1v) is 8.95. The summed E-state index contributed by atoms with van der Waals surface area (Å²) in [6.45, 7) is 2.92. The number of ether oxygens (including phenoxy) is 1. The van der Waals surface area contributed by atoms with Crippen LogP contribution in [0.3, 0.4) is 0 Å². The largest absolute Gasteiger partial charge is 0.473 e. The Morgan fingerprint density at radius 2 is 2.38 bits per heavy atom. The van der Waals surface area contributed by atoms with Crippen molar-refractivity contribution in [3.8, 4) is 5.88 Å². The zero-order chi connectivity index (χ0) is 18.1. The zero-order valence-electron chi connectivity index (χ0n) is 14.0. The Hall–Kier alpha value is -2.81. The molecule has 0 saturated heterocycles. The van der Waals surface area contributed by atoms with Crippen LogP contribution in [-0.2, 0) is 6.54 Å². The number of aromatic nitrogens is 4. The first kappa shape index (κ1) is 16.6. The van der Waals surface area contributed by atoms with E-state index in [4.69, 9.17) is 4.74 Å². The van der Waals surface area contributed by atoms with E-state index in [2.05, 4.69) is 15.0 Å². The number of hydrogen-bond acceptors (Lipinski definition) is 6. The molecule has 1 aliphatic heterocycles. The summed E-state index contributed by atoms with van der Waals surface area (Å²) >= 11 is 1.44. The Labute approximate surface area is 153 Å². The highest BCUT2D eigenvalue weighted by Gasteiger charge is 2.30. The molecule has 4 heterocycles. The molecule has 1 aliphatic rings. The van der Waals surface area contributed by atoms with Gasteiger partial charge in [-0.25, -0.2) is 19.3 Å². The van der Waals surface area contributed by atoms with E-state index in [1.807, 2.05) is 11.5 Å². The Morgan fingerprint density at radius 1 is 1.50 bits per heavy atom. The van der Waals surface area contributed by atoms with Crippen LogP contribution in [0.4, 0.5) is 4.39 Å². The smallest absolute Gasteiger partial charge is 0.273 e. The monoisotopic (exact) mass is 373 g/mol. The molecule has 134 valence electrons. The van der Waals surface area contributed by atoms with Crippen LogP contribution in [-0.4, -0.2) is 43.5 Å². The van der Waals surface area contributed by atoms with Gasteiger partial charge >= 0.3 is 0 Å². The summed E-state index contributed by atoms with van der Waals surface area (Å²) in [6.07, 6.45) is 4.90. The minimum Gasteiger partial charge on any atom is -0.473 e. The molecule has 1 amide bonds. The summed E-state index contributed by atoms with van der Waals surface area (Å²) < 4.78 is 21.2. The summed E-state index contributed by atoms with van der Waals surface area (Å²) in [5, 5.41) is 2.61. The van der Waals surface area contributed by atoms with E-state index in [1.165, 1.54) is 29.7 Å². The van der Waals surface area contributed by atoms with E-state index < -0.39 is 5.82 Å². The van der Waals surface area contributed by atoms with Crippen molar-refractivity contribution in [1.82, 2.24) is 24.4 Å². The normalized spacial score (nSPS) is 16.4. The number of imidazole rings is 1. The third-order valence-electron chi connectivity index (χ3n) is 4.19. The molecule has 9 heteroatoms. The standard InChI is InChI=1S/C17H16FN5O2S/c1-11-21-15(9-26-11)17(24)22-6-12-5-19-10-23(12)13(7-22)8-25-16-14(18)3-2-4-20-16/h2-5,9-10,13H,6-8H2,1H3/t13-/m0/s1. The number of thiazole rings is 1. The van der Waals surface area contributed by atoms with Crippen molar-refractivity contribution in [1.29, 1.82) is 0 Å². The van der Waals surface area contributed by atoms with Gasteiger partial charge in [-0.15, -0.1) is 11.3 Å². The van der Waals surface area contributed by atoms with Gasteiger partial charge in [0.2, 0.25) is 5.88 Å². The van der Waals surface area contributed by atoms with Crippen molar-refractivity contribution in [2.45, 2.75) is 19.5 Å². The van der Waals surface area contributed by atoms with E-state index in [1.54, 1.807) is 22.8 Å². The third-order valence-corrected chi connectivity index (χ3v) is 4.96. The predicted molar refractivity (Wildman–Crippen MR) is 92.5 cm³/mol. The number of fused-ring (bicyclic) bond motifs is 1. The third kappa shape index (κ3) is 3.17. The fourth-order valence-corrected chi connectivity index (χ4v) is 3.54. The summed E-state index contributed by atoms with van der Waals surface area (Å²) in [4.78, 5) is 26.8. The maximum atomic E-state index is 13.7. The van der Waals surface area contributed by atoms with Crippen LogP contribution >= 0.6 is 11.3 Å². The van der Waals surface area contributed by atoms with Gasteiger partial charge in [-0.2, -0.15) is 0 Å². The highest BCUT2D eigenvalue weighted by atomic mass is 32.1. The van der Waals surface area contributed by atoms with Crippen LogP contribution in [0.1, 0.15) is 27.2 Å². The van der Waals surface area contributed by atoms with Gasteiger partial charge in [0, 0.05) is 24.3 Å². The van der Waals surface area contributed by atoms with Crippen LogP contribution in [0.15, 0.2) is 36.2 Å². The summed E-state index contributed by atoms with van der Waals surface area (Å²) in [5.41, 5.74) is 1.34. The molecular formula is C17H16FN5O2S. The van der Waals surface area contributed by atoms with Crippen LogP contribution in [0.5, 0.6) is 5.88 Å². The minimum atomic E-state index is -0.514. The summed E-state index contributed by atoms with van der Waals surface area (Å²) in [7, 11) is 0. The Balaban J connectivity index is 1.53. The van der Waals surface area contributed by atoms with E-state index in [0.717, 1.165) is 10.7 Å². The van der Waals surface area contributed by atoms with Gasteiger partial charge in [-0.1, -0.05) is 0 Å². The second-order valence-corrected chi connectivity index (χ2v) is 7.05. The molecule has 7 nitrogen and oxygen atoms in total. The second-order valence-electron chi connectivity index (χ2n) is 5.98. The average Bonchev–Trinajstić information content (AvgIpc) is 3.29. The van der Waals surface area contributed by atoms with Gasteiger partial charge in [0.05, 0.1) is 29.6 Å². The van der Waals surface area contributed by atoms with Crippen molar-refractivity contribution >= 4 is 17.2 Å². The van der Waals surface area contributed by atoms with Gasteiger partial charge in [-0.3, -0.25) is 4.79 Å². The molecular weight excluding hydrogens is 357 g/mol. The summed E-state index contributed by atoms with van der Waals surface area (Å²) in [5.74, 6) is -0.691. The molecule has 26 heavy (non-hydrogen) atoms. The topological polar surface area (TPSA) is 73.1 Å². The molecule has 0 bridgehead atoms. The lowest BCUT2D eigenvalue weighted by Gasteiger charge is -2.34. The maximum Gasteiger partial charge on any atom is 0.273 e. The van der Waals surface area contributed by atoms with Crippen molar-refractivity contribution < 1.29 is 13.9 Å². The molecule has 3 aromatic heterocycles. The van der Waals surface area contributed by atoms with Gasteiger partial charge in [-0.05, 0) is 19.1 Å². The molecule has 0 N–H and O–H groups in total. The highest BCUT2D eigenvalue weighted by Crippen LogP contribution is 2.24. The van der Waals surface area contributed by atoms with Crippen molar-refractivity contribution in [3.05, 3.63) is 58.4 Å². The zero-order valence-corrected chi connectivity index (χ0v) is 14.8. The van der Waals surface area contributed by atoms with Gasteiger partial charge in [0.15, 0.2) is 5.82 Å². The highest BCUT2D eigenvalue weighted by molar-refractivity contribution is 7.09. The second kappa shape index (κ2) is 6.83. The summed E-state index contributed by atoms with van der Waals surface area (Å²) in [6, 6.07) is 2.62. The quantitative estimate of drug-likeness (QED) is 0.702. The Kier molecular flexibility index (Phi) is 4.37. The Morgan fingerprint density at radius 3 is 3.15 bits per heavy atom. The fraction of sp³-hybridized carbons (Fsp3) is 0.294. The molecule has 4 rings (SSSR count). The first-order chi connectivity index (χ1) is 12.6. The number of carbonyl (C=O) groups excluding carboxylic acids is 1. The molecule has 3 aromatic rings. The molecule has 0 fully saturated rings. The van der Waals surface area contributed by atoms with Crippen LogP contribution in [0, 0.1) is 12.7 Å². The first-order valence-electron chi connectivity index (χ1n) is 8.07. The molecule has 0 unspecified atom stereocenters. The lowest BCUT2D eigenvalue weighted by Crippen LogP contribution is -2.42. The fourth-order valence-electron chi connectivity index (χ4n) is 2.95. The number of aryl methyl sites for hydroxylation is 1. The number of halogens is 1. The molecule has 0 aromatic carbocycles. The van der Waals surface area contributed by atoms with Gasteiger partial charge < -0.3 is 14.2 Å². The molecule has 0 radical (unpaired) electrons. The van der Waals surface area contributed by atoms with E-state index >= 15 is 0 Å². The minimum absolute atomic E-state index is 0.0484. The number of nitrogens with zero attached hydrogens (tertiary/aromatic N) is 5. The number of carbonyl (C=O) groups is 1. The lowest BCUT2D eigenvalue weighted by atomic mass is 10.2. The maximum absolute atomic E-state index is 13.7. The van der Waals surface area contributed by atoms with Gasteiger partial charge in [0.25, 0.3) is 5.91 Å². The van der Waals surface area contributed by atoms with Gasteiger partial charge in [0.1, 0.15) is 12.3 Å². The average molecular weight is 373 g/mol. The van der Waals surface area contributed by atoms with Crippen molar-refractivity contribution in [2.24, 2.45) is 0 Å². The molecule has 1 atom stereocenters. The van der Waals surface area contributed by atoms with Crippen molar-refractivity contribution in [2.75, 3.05) is 13.2 Å². The van der Waals surface area contributed by atoms with Crippen LogP contribution in [0.25, 0.3) is 0 Å².